The zero-order valence-electron chi connectivity index (χ0n) is 9.23. The van der Waals surface area contributed by atoms with Gasteiger partial charge in [-0.3, -0.25) is 0 Å². The van der Waals surface area contributed by atoms with Gasteiger partial charge in [0.2, 0.25) is 0 Å². The van der Waals surface area contributed by atoms with Crippen LogP contribution in [-0.4, -0.2) is 13.1 Å². The Morgan fingerprint density at radius 1 is 1.41 bits per heavy atom. The SMILES string of the molecule is C=Cc1cc(C(=O)OC)c2ccc(=O)oc2c1. The molecule has 0 aliphatic carbocycles. The number of esters is 1. The number of carbonyl (C=O) groups excluding carboxylic acids is 1. The topological polar surface area (TPSA) is 56.5 Å². The van der Waals surface area contributed by atoms with E-state index in [0.29, 0.717) is 22.1 Å². The van der Waals surface area contributed by atoms with Crippen LogP contribution in [0.2, 0.25) is 0 Å². The van der Waals surface area contributed by atoms with Crippen LogP contribution in [0.15, 0.2) is 40.1 Å². The van der Waals surface area contributed by atoms with Crippen molar-refractivity contribution in [1.82, 2.24) is 0 Å². The van der Waals surface area contributed by atoms with Crippen molar-refractivity contribution >= 4 is 23.0 Å². The molecule has 0 radical (unpaired) electrons. The van der Waals surface area contributed by atoms with Crippen LogP contribution in [0.3, 0.4) is 0 Å². The Labute approximate surface area is 97.1 Å². The minimum Gasteiger partial charge on any atom is -0.465 e. The van der Waals surface area contributed by atoms with Gasteiger partial charge in [0.1, 0.15) is 5.58 Å². The van der Waals surface area contributed by atoms with Crippen LogP contribution >= 0.6 is 0 Å². The van der Waals surface area contributed by atoms with Gasteiger partial charge >= 0.3 is 11.6 Å². The molecule has 0 saturated carbocycles. The standard InChI is InChI=1S/C13H10O4/c1-3-8-6-10(13(15)16-2)9-4-5-12(14)17-11(9)7-8/h3-7H,1H2,2H3. The Morgan fingerprint density at radius 2 is 2.18 bits per heavy atom. The van der Waals surface area contributed by atoms with Crippen molar-refractivity contribution in [3.05, 3.63) is 52.4 Å². The first-order chi connectivity index (χ1) is 8.15. The van der Waals surface area contributed by atoms with Crippen molar-refractivity contribution in [3.8, 4) is 0 Å². The molecule has 4 heteroatoms. The zero-order chi connectivity index (χ0) is 12.4. The fraction of sp³-hybridized carbons (Fsp3) is 0.0769. The molecule has 1 heterocycles. The van der Waals surface area contributed by atoms with Gasteiger partial charge in [-0.15, -0.1) is 0 Å². The maximum Gasteiger partial charge on any atom is 0.338 e. The molecule has 17 heavy (non-hydrogen) atoms. The van der Waals surface area contributed by atoms with E-state index in [1.165, 1.54) is 13.2 Å². The number of fused-ring (bicyclic) bond motifs is 1. The molecule has 0 unspecified atom stereocenters. The van der Waals surface area contributed by atoms with Gasteiger partial charge < -0.3 is 9.15 Å². The average molecular weight is 230 g/mol. The molecule has 2 aromatic rings. The third-order valence-corrected chi connectivity index (χ3v) is 2.40. The Bertz CT molecular complexity index is 652. The number of hydrogen-bond acceptors (Lipinski definition) is 4. The summed E-state index contributed by atoms with van der Waals surface area (Å²) in [5, 5.41) is 0.544. The molecule has 0 amide bonds. The van der Waals surface area contributed by atoms with Gasteiger partial charge in [0.15, 0.2) is 0 Å². The maximum absolute atomic E-state index is 11.6. The lowest BCUT2D eigenvalue weighted by atomic mass is 10.1. The summed E-state index contributed by atoms with van der Waals surface area (Å²) < 4.78 is 9.71. The molecular weight excluding hydrogens is 220 g/mol. The highest BCUT2D eigenvalue weighted by molar-refractivity contribution is 6.03. The summed E-state index contributed by atoms with van der Waals surface area (Å²) in [7, 11) is 1.30. The van der Waals surface area contributed by atoms with Gasteiger partial charge in [-0.1, -0.05) is 12.7 Å². The molecular formula is C13H10O4. The summed E-state index contributed by atoms with van der Waals surface area (Å²) in [5.41, 5.74) is 0.917. The molecule has 0 aliphatic heterocycles. The molecule has 4 nitrogen and oxygen atoms in total. The third kappa shape index (κ3) is 1.97. The fourth-order valence-corrected chi connectivity index (χ4v) is 1.59. The smallest absolute Gasteiger partial charge is 0.338 e. The quantitative estimate of drug-likeness (QED) is 0.586. The molecule has 1 aromatic carbocycles. The van der Waals surface area contributed by atoms with Crippen molar-refractivity contribution in [3.63, 3.8) is 0 Å². The molecule has 86 valence electrons. The fourth-order valence-electron chi connectivity index (χ4n) is 1.59. The minimum absolute atomic E-state index is 0.343. The third-order valence-electron chi connectivity index (χ3n) is 2.40. The molecule has 2 rings (SSSR count). The lowest BCUT2D eigenvalue weighted by molar-refractivity contribution is 0.0603. The number of benzene rings is 1. The van der Waals surface area contributed by atoms with Crippen LogP contribution in [0.4, 0.5) is 0 Å². The minimum atomic E-state index is -0.479. The van der Waals surface area contributed by atoms with E-state index in [9.17, 15) is 9.59 Å². The molecule has 0 aliphatic rings. The summed E-state index contributed by atoms with van der Waals surface area (Å²) in [6.45, 7) is 3.61. The highest BCUT2D eigenvalue weighted by Gasteiger charge is 2.12. The van der Waals surface area contributed by atoms with Gasteiger partial charge in [-0.05, 0) is 23.8 Å². The number of carbonyl (C=O) groups is 1. The first-order valence-electron chi connectivity index (χ1n) is 4.94. The van der Waals surface area contributed by atoms with Crippen molar-refractivity contribution < 1.29 is 13.9 Å². The van der Waals surface area contributed by atoms with Crippen molar-refractivity contribution in [2.75, 3.05) is 7.11 Å². The molecule has 1 aromatic heterocycles. The number of methoxy groups -OCH3 is 1. The van der Waals surface area contributed by atoms with E-state index < -0.39 is 11.6 Å². The first-order valence-corrected chi connectivity index (χ1v) is 4.94. The second-order valence-corrected chi connectivity index (χ2v) is 3.43. The van der Waals surface area contributed by atoms with Gasteiger partial charge in [0.05, 0.1) is 12.7 Å². The van der Waals surface area contributed by atoms with Crippen LogP contribution in [0.25, 0.3) is 17.0 Å². The second-order valence-electron chi connectivity index (χ2n) is 3.43. The molecule has 0 spiro atoms. The van der Waals surface area contributed by atoms with Gasteiger partial charge in [0.25, 0.3) is 0 Å². The van der Waals surface area contributed by atoms with E-state index in [4.69, 9.17) is 4.42 Å². The molecule has 0 fully saturated rings. The Kier molecular flexibility index (Phi) is 2.78. The summed E-state index contributed by atoms with van der Waals surface area (Å²) in [6.07, 6.45) is 1.57. The van der Waals surface area contributed by atoms with Crippen LogP contribution < -0.4 is 5.63 Å². The molecule has 0 atom stereocenters. The highest BCUT2D eigenvalue weighted by atomic mass is 16.5. The summed E-state index contributed by atoms with van der Waals surface area (Å²) >= 11 is 0. The van der Waals surface area contributed by atoms with Crippen LogP contribution in [0.1, 0.15) is 15.9 Å². The number of hydrogen-bond donors (Lipinski definition) is 0. The van der Waals surface area contributed by atoms with E-state index in [0.717, 1.165) is 0 Å². The molecule has 0 N–H and O–H groups in total. The van der Waals surface area contributed by atoms with Crippen molar-refractivity contribution in [2.45, 2.75) is 0 Å². The van der Waals surface area contributed by atoms with Gasteiger partial charge in [-0.2, -0.15) is 0 Å². The first kappa shape index (κ1) is 11.1. The summed E-state index contributed by atoms with van der Waals surface area (Å²) in [4.78, 5) is 22.7. The van der Waals surface area contributed by atoms with Crippen molar-refractivity contribution in [2.24, 2.45) is 0 Å². The zero-order valence-corrected chi connectivity index (χ0v) is 9.23. The van der Waals surface area contributed by atoms with Crippen LogP contribution in [0.5, 0.6) is 0 Å². The predicted molar refractivity (Wildman–Crippen MR) is 63.9 cm³/mol. The van der Waals surface area contributed by atoms with E-state index in [-0.39, 0.29) is 0 Å². The Morgan fingerprint density at radius 3 is 2.82 bits per heavy atom. The lowest BCUT2D eigenvalue weighted by Crippen LogP contribution is -2.04. The van der Waals surface area contributed by atoms with E-state index in [1.807, 2.05) is 0 Å². The normalized spacial score (nSPS) is 10.2. The summed E-state index contributed by atoms with van der Waals surface area (Å²) in [5.74, 6) is -0.479. The second kappa shape index (κ2) is 4.25. The van der Waals surface area contributed by atoms with Crippen LogP contribution in [-0.2, 0) is 4.74 Å². The monoisotopic (exact) mass is 230 g/mol. The highest BCUT2D eigenvalue weighted by Crippen LogP contribution is 2.21. The van der Waals surface area contributed by atoms with Gasteiger partial charge in [-0.25, -0.2) is 9.59 Å². The van der Waals surface area contributed by atoms with Gasteiger partial charge in [0, 0.05) is 11.5 Å². The molecule has 0 bridgehead atoms. The van der Waals surface area contributed by atoms with E-state index in [2.05, 4.69) is 11.3 Å². The lowest BCUT2D eigenvalue weighted by Gasteiger charge is -2.05. The van der Waals surface area contributed by atoms with E-state index in [1.54, 1.807) is 24.3 Å². The average Bonchev–Trinajstić information content (AvgIpc) is 2.35. The maximum atomic E-state index is 11.6. The Balaban J connectivity index is 2.84. The van der Waals surface area contributed by atoms with E-state index >= 15 is 0 Å². The van der Waals surface area contributed by atoms with Crippen LogP contribution in [0, 0.1) is 0 Å². The predicted octanol–water partition coefficient (Wildman–Crippen LogP) is 2.22. The Hall–Kier alpha value is -2.36. The number of rotatable bonds is 2. The molecule has 0 saturated heterocycles. The summed E-state index contributed by atoms with van der Waals surface area (Å²) in [6, 6.07) is 6.10. The number of ether oxygens (including phenoxy) is 1. The van der Waals surface area contributed by atoms with Crippen molar-refractivity contribution in [1.29, 1.82) is 0 Å². The largest absolute Gasteiger partial charge is 0.465 e.